The van der Waals surface area contributed by atoms with Crippen LogP contribution in [0.5, 0.6) is 0 Å². The van der Waals surface area contributed by atoms with Crippen LogP contribution in [0.2, 0.25) is 0 Å². The predicted molar refractivity (Wildman–Crippen MR) is 73.8 cm³/mol. The summed E-state index contributed by atoms with van der Waals surface area (Å²) in [5.74, 6) is 1.37. The molecule has 1 amide bonds. The van der Waals surface area contributed by atoms with Crippen molar-refractivity contribution < 1.29 is 4.79 Å². The molecule has 2 aromatic rings. The summed E-state index contributed by atoms with van der Waals surface area (Å²) < 4.78 is 0. The summed E-state index contributed by atoms with van der Waals surface area (Å²) in [4.78, 5) is 16.4. The summed E-state index contributed by atoms with van der Waals surface area (Å²) in [6.07, 6.45) is 7.29. The molecule has 104 valence electrons. The van der Waals surface area contributed by atoms with Crippen LogP contribution >= 0.6 is 0 Å². The lowest BCUT2D eigenvalue weighted by Gasteiger charge is -2.17. The fraction of sp³-hybridized carbons (Fsp3) is 0.500. The number of hydrogen-bond acceptors (Lipinski definition) is 4. The number of hydrazine groups is 1. The maximum Gasteiger partial charge on any atom is 0.286 e. The maximum absolute atomic E-state index is 12.3. The lowest BCUT2D eigenvalue weighted by atomic mass is 10.0. The third-order valence-electron chi connectivity index (χ3n) is 4.57. The number of hydrogen-bond donors (Lipinski definition) is 2. The van der Waals surface area contributed by atoms with Crippen molar-refractivity contribution in [1.29, 1.82) is 0 Å². The van der Waals surface area contributed by atoms with Crippen LogP contribution in [-0.4, -0.2) is 39.2 Å². The summed E-state index contributed by atoms with van der Waals surface area (Å²) in [6, 6.07) is 1.82. The highest BCUT2D eigenvalue weighted by molar-refractivity contribution is 6.04. The Bertz CT molecular complexity index is 640. The number of aromatic nitrogens is 3. The number of amides is 1. The van der Waals surface area contributed by atoms with Crippen molar-refractivity contribution in [3.8, 4) is 0 Å². The van der Waals surface area contributed by atoms with E-state index < -0.39 is 0 Å². The first-order valence-electron chi connectivity index (χ1n) is 7.15. The number of aromatic amines is 1. The molecule has 1 aliphatic carbocycles. The fourth-order valence-corrected chi connectivity index (χ4v) is 3.55. The highest BCUT2D eigenvalue weighted by Crippen LogP contribution is 2.36. The molecule has 1 aliphatic heterocycles. The number of rotatable bonds is 2. The summed E-state index contributed by atoms with van der Waals surface area (Å²) in [6.45, 7) is 1.94. The number of carbonyl (C=O) groups is 1. The second-order valence-corrected chi connectivity index (χ2v) is 5.79. The highest BCUT2D eigenvalue weighted by Gasteiger charge is 2.36. The molecule has 1 saturated heterocycles. The van der Waals surface area contributed by atoms with Crippen LogP contribution in [0.25, 0.3) is 10.9 Å². The van der Waals surface area contributed by atoms with Crippen molar-refractivity contribution >= 4 is 16.8 Å². The Balaban J connectivity index is 1.51. The van der Waals surface area contributed by atoms with E-state index in [0.29, 0.717) is 5.69 Å². The lowest BCUT2D eigenvalue weighted by molar-refractivity contribution is 0.0811. The van der Waals surface area contributed by atoms with Crippen molar-refractivity contribution in [2.75, 3.05) is 13.1 Å². The van der Waals surface area contributed by atoms with Gasteiger partial charge in [0.25, 0.3) is 5.91 Å². The molecule has 0 radical (unpaired) electrons. The minimum absolute atomic E-state index is 0.149. The molecule has 2 fully saturated rings. The van der Waals surface area contributed by atoms with Gasteiger partial charge in [0.15, 0.2) is 5.69 Å². The number of nitrogens with one attached hydrogen (secondary N) is 2. The van der Waals surface area contributed by atoms with Crippen LogP contribution in [-0.2, 0) is 0 Å². The minimum atomic E-state index is -0.149. The highest BCUT2D eigenvalue weighted by atomic mass is 16.2. The largest absolute Gasteiger partial charge is 0.286 e. The number of pyridine rings is 1. The zero-order valence-corrected chi connectivity index (χ0v) is 11.2. The van der Waals surface area contributed by atoms with Crippen LogP contribution < -0.4 is 5.43 Å². The monoisotopic (exact) mass is 271 g/mol. The van der Waals surface area contributed by atoms with E-state index in [1.54, 1.807) is 12.4 Å². The molecule has 0 aromatic carbocycles. The van der Waals surface area contributed by atoms with E-state index in [1.165, 1.54) is 19.3 Å². The summed E-state index contributed by atoms with van der Waals surface area (Å²) in [7, 11) is 0. The molecule has 2 unspecified atom stereocenters. The summed E-state index contributed by atoms with van der Waals surface area (Å²) >= 11 is 0. The molecule has 2 N–H and O–H groups in total. The molecule has 0 bridgehead atoms. The summed E-state index contributed by atoms with van der Waals surface area (Å²) in [5.41, 5.74) is 4.24. The average Bonchev–Trinajstić information content (AvgIpc) is 3.10. The summed E-state index contributed by atoms with van der Waals surface area (Å²) in [5, 5.41) is 9.79. The molecular weight excluding hydrogens is 254 g/mol. The van der Waals surface area contributed by atoms with Gasteiger partial charge in [-0.05, 0) is 30.7 Å². The normalized spacial score (nSPS) is 26.0. The van der Waals surface area contributed by atoms with Crippen LogP contribution in [0.1, 0.15) is 29.8 Å². The molecule has 20 heavy (non-hydrogen) atoms. The average molecular weight is 271 g/mol. The predicted octanol–water partition coefficient (Wildman–Crippen LogP) is 1.33. The van der Waals surface area contributed by atoms with Crippen LogP contribution in [0.15, 0.2) is 18.5 Å². The van der Waals surface area contributed by atoms with Crippen LogP contribution in [0, 0.1) is 11.8 Å². The molecule has 1 saturated carbocycles. The van der Waals surface area contributed by atoms with Gasteiger partial charge in [0, 0.05) is 25.5 Å². The van der Waals surface area contributed by atoms with Gasteiger partial charge >= 0.3 is 0 Å². The number of H-pyrrole nitrogens is 1. The topological polar surface area (TPSA) is 73.9 Å². The third kappa shape index (κ3) is 1.87. The van der Waals surface area contributed by atoms with E-state index in [1.807, 2.05) is 11.1 Å². The van der Waals surface area contributed by atoms with Crippen molar-refractivity contribution in [1.82, 2.24) is 25.6 Å². The van der Waals surface area contributed by atoms with E-state index in [2.05, 4.69) is 20.6 Å². The third-order valence-corrected chi connectivity index (χ3v) is 4.57. The zero-order valence-electron chi connectivity index (χ0n) is 11.2. The number of carbonyl (C=O) groups excluding carboxylic acids is 1. The molecule has 6 nitrogen and oxygen atoms in total. The number of fused-ring (bicyclic) bond motifs is 2. The van der Waals surface area contributed by atoms with Crippen molar-refractivity contribution in [3.63, 3.8) is 0 Å². The Hall–Kier alpha value is -1.95. The standard InChI is InChI=1S/C14H17N5O/c20-14(13-11-6-15-5-4-12(11)16-17-13)18-19-7-9-2-1-3-10(9)8-19/h4-6,9-10H,1-3,7-8H2,(H,16,17)(H,18,20). The van der Waals surface area contributed by atoms with Gasteiger partial charge in [0.2, 0.25) is 0 Å². The zero-order chi connectivity index (χ0) is 13.5. The van der Waals surface area contributed by atoms with Gasteiger partial charge in [-0.3, -0.25) is 20.3 Å². The molecule has 2 aliphatic rings. The van der Waals surface area contributed by atoms with E-state index >= 15 is 0 Å². The Kier molecular flexibility index (Phi) is 2.70. The maximum atomic E-state index is 12.3. The molecular formula is C14H17N5O. The fourth-order valence-electron chi connectivity index (χ4n) is 3.55. The van der Waals surface area contributed by atoms with Gasteiger partial charge in [-0.2, -0.15) is 5.10 Å². The first kappa shape index (κ1) is 11.8. The first-order chi connectivity index (χ1) is 9.81. The molecule has 4 rings (SSSR count). The van der Waals surface area contributed by atoms with Crippen molar-refractivity contribution in [2.24, 2.45) is 11.8 Å². The van der Waals surface area contributed by atoms with Gasteiger partial charge in [-0.25, -0.2) is 5.01 Å². The second kappa shape index (κ2) is 4.56. The molecule has 0 spiro atoms. The Morgan fingerprint density at radius 3 is 2.95 bits per heavy atom. The van der Waals surface area contributed by atoms with E-state index in [-0.39, 0.29) is 5.91 Å². The molecule has 3 heterocycles. The van der Waals surface area contributed by atoms with Gasteiger partial charge in [-0.1, -0.05) is 6.42 Å². The lowest BCUT2D eigenvalue weighted by Crippen LogP contribution is -2.41. The minimum Gasteiger partial charge on any atom is -0.283 e. The second-order valence-electron chi connectivity index (χ2n) is 5.79. The molecule has 6 heteroatoms. The van der Waals surface area contributed by atoms with Gasteiger partial charge in [-0.15, -0.1) is 0 Å². The van der Waals surface area contributed by atoms with Gasteiger partial charge < -0.3 is 0 Å². The van der Waals surface area contributed by atoms with Gasteiger partial charge in [0.1, 0.15) is 0 Å². The SMILES string of the molecule is O=C(NN1CC2CCCC2C1)c1n[nH]c2ccncc12. The van der Waals surface area contributed by atoms with Crippen molar-refractivity contribution in [2.45, 2.75) is 19.3 Å². The van der Waals surface area contributed by atoms with Crippen LogP contribution in [0.4, 0.5) is 0 Å². The number of nitrogens with zero attached hydrogens (tertiary/aromatic N) is 3. The van der Waals surface area contributed by atoms with Crippen molar-refractivity contribution in [3.05, 3.63) is 24.2 Å². The van der Waals surface area contributed by atoms with E-state index in [4.69, 9.17) is 0 Å². The quantitative estimate of drug-likeness (QED) is 0.864. The van der Waals surface area contributed by atoms with E-state index in [0.717, 1.165) is 35.8 Å². The van der Waals surface area contributed by atoms with Gasteiger partial charge in [0.05, 0.1) is 10.9 Å². The Morgan fingerprint density at radius 1 is 1.35 bits per heavy atom. The van der Waals surface area contributed by atoms with E-state index in [9.17, 15) is 4.79 Å². The Morgan fingerprint density at radius 2 is 2.15 bits per heavy atom. The first-order valence-corrected chi connectivity index (χ1v) is 7.15. The molecule has 2 aromatic heterocycles. The molecule has 2 atom stereocenters. The van der Waals surface area contributed by atoms with Crippen LogP contribution in [0.3, 0.4) is 0 Å². The smallest absolute Gasteiger partial charge is 0.283 e. The Labute approximate surface area is 116 Å².